The van der Waals surface area contributed by atoms with Gasteiger partial charge in [0.25, 0.3) is 5.56 Å². The van der Waals surface area contributed by atoms with Gasteiger partial charge in [-0.25, -0.2) is 9.78 Å². The molecule has 0 saturated carbocycles. The van der Waals surface area contributed by atoms with Gasteiger partial charge in [0.15, 0.2) is 0 Å². The quantitative estimate of drug-likeness (QED) is 0.478. The first-order valence-corrected chi connectivity index (χ1v) is 10.9. The van der Waals surface area contributed by atoms with Crippen LogP contribution < -0.4 is 15.6 Å². The summed E-state index contributed by atoms with van der Waals surface area (Å²) >= 11 is 7.11. The molecule has 0 atom stereocenters. The second-order valence-electron chi connectivity index (χ2n) is 7.03. The summed E-state index contributed by atoms with van der Waals surface area (Å²) in [5, 5.41) is 3.60. The van der Waals surface area contributed by atoms with Crippen molar-refractivity contribution in [1.82, 2.24) is 14.9 Å². The number of nitrogens with zero attached hydrogens (tertiary/aromatic N) is 2. The van der Waals surface area contributed by atoms with E-state index in [2.05, 4.69) is 15.3 Å². The fraction of sp³-hybridized carbons (Fsp3) is 0.333. The minimum Gasteiger partial charge on any atom is -0.495 e. The average molecular weight is 479 g/mol. The van der Waals surface area contributed by atoms with Crippen LogP contribution in [0.4, 0.5) is 5.69 Å². The highest BCUT2D eigenvalue weighted by Crippen LogP contribution is 2.28. The zero-order valence-electron chi connectivity index (χ0n) is 18.1. The number of halogens is 1. The number of H-pyrrole nitrogens is 1. The lowest BCUT2D eigenvalue weighted by atomic mass is 10.2. The van der Waals surface area contributed by atoms with E-state index in [-0.39, 0.29) is 31.2 Å². The van der Waals surface area contributed by atoms with E-state index >= 15 is 0 Å². The first-order chi connectivity index (χ1) is 15.2. The third kappa shape index (κ3) is 5.26. The Hall–Kier alpha value is -2.95. The van der Waals surface area contributed by atoms with E-state index < -0.39 is 5.97 Å². The summed E-state index contributed by atoms with van der Waals surface area (Å²) in [7, 11) is 3.23. The SMILES string of the molecule is CCOC(=O)c1sc2nc(CN(C)CC(=O)Nc3cc(Cl)ccc3OC)[nH]c(=O)c2c1C. The zero-order valence-corrected chi connectivity index (χ0v) is 19.6. The predicted molar refractivity (Wildman–Crippen MR) is 124 cm³/mol. The highest BCUT2D eigenvalue weighted by Gasteiger charge is 2.20. The molecule has 32 heavy (non-hydrogen) atoms. The summed E-state index contributed by atoms with van der Waals surface area (Å²) in [6.07, 6.45) is 0. The molecule has 3 aromatic rings. The van der Waals surface area contributed by atoms with Gasteiger partial charge >= 0.3 is 5.97 Å². The number of carbonyl (C=O) groups is 2. The molecule has 170 valence electrons. The van der Waals surface area contributed by atoms with E-state index in [1.165, 1.54) is 7.11 Å². The number of hydrogen-bond donors (Lipinski definition) is 2. The number of nitrogens with one attached hydrogen (secondary N) is 2. The number of aromatic amines is 1. The monoisotopic (exact) mass is 478 g/mol. The number of thiophene rings is 1. The van der Waals surface area contributed by atoms with Crippen LogP contribution in [0.25, 0.3) is 10.2 Å². The number of anilines is 1. The number of rotatable bonds is 8. The third-order valence-corrected chi connectivity index (χ3v) is 5.98. The number of likely N-dealkylation sites (N-methyl/N-ethyl adjacent to an activating group) is 1. The highest BCUT2D eigenvalue weighted by molar-refractivity contribution is 7.20. The molecule has 2 N–H and O–H groups in total. The first-order valence-electron chi connectivity index (χ1n) is 9.74. The average Bonchev–Trinajstić information content (AvgIpc) is 3.05. The summed E-state index contributed by atoms with van der Waals surface area (Å²) in [5.41, 5.74) is 0.676. The summed E-state index contributed by atoms with van der Waals surface area (Å²) in [6.45, 7) is 3.92. The number of ether oxygens (including phenoxy) is 2. The van der Waals surface area contributed by atoms with Gasteiger partial charge in [0.2, 0.25) is 5.91 Å². The zero-order chi connectivity index (χ0) is 23.4. The van der Waals surface area contributed by atoms with E-state index in [1.807, 2.05) is 0 Å². The Labute approximate surface area is 193 Å². The molecule has 0 saturated heterocycles. The molecule has 1 aromatic carbocycles. The molecule has 0 spiro atoms. The minimum atomic E-state index is -0.473. The van der Waals surface area contributed by atoms with Gasteiger partial charge in [-0.1, -0.05) is 11.6 Å². The van der Waals surface area contributed by atoms with E-state index in [0.29, 0.717) is 42.9 Å². The molecule has 2 heterocycles. The van der Waals surface area contributed by atoms with Crippen LogP contribution in [0.15, 0.2) is 23.0 Å². The van der Waals surface area contributed by atoms with E-state index in [9.17, 15) is 14.4 Å². The van der Waals surface area contributed by atoms with Crippen molar-refractivity contribution in [2.75, 3.05) is 32.6 Å². The van der Waals surface area contributed by atoms with Gasteiger partial charge in [0, 0.05) is 5.02 Å². The van der Waals surface area contributed by atoms with Crippen molar-refractivity contribution >= 4 is 50.7 Å². The molecule has 0 aliphatic heterocycles. The predicted octanol–water partition coefficient (Wildman–Crippen LogP) is 3.20. The maximum absolute atomic E-state index is 12.6. The maximum Gasteiger partial charge on any atom is 0.348 e. The van der Waals surface area contributed by atoms with E-state index in [0.717, 1.165) is 11.3 Å². The second-order valence-corrected chi connectivity index (χ2v) is 8.47. The topological polar surface area (TPSA) is 114 Å². The lowest BCUT2D eigenvalue weighted by Crippen LogP contribution is -2.31. The number of hydrogen-bond acceptors (Lipinski definition) is 8. The number of benzene rings is 1. The van der Waals surface area contributed by atoms with Crippen molar-refractivity contribution in [2.45, 2.75) is 20.4 Å². The van der Waals surface area contributed by atoms with Crippen LogP contribution in [0.5, 0.6) is 5.75 Å². The summed E-state index contributed by atoms with van der Waals surface area (Å²) in [6, 6.07) is 4.94. The lowest BCUT2D eigenvalue weighted by Gasteiger charge is -2.16. The second kappa shape index (κ2) is 10.1. The maximum atomic E-state index is 12.6. The van der Waals surface area contributed by atoms with Gasteiger partial charge in [-0.05, 0) is 44.7 Å². The molecule has 3 rings (SSSR count). The fourth-order valence-corrected chi connectivity index (χ4v) is 4.45. The molecular formula is C21H23ClN4O5S. The number of aryl methyl sites for hydroxylation is 1. The van der Waals surface area contributed by atoms with Gasteiger partial charge in [0.1, 0.15) is 21.3 Å². The molecule has 0 radical (unpaired) electrons. The highest BCUT2D eigenvalue weighted by atomic mass is 35.5. The standard InChI is InChI=1S/C21H23ClN4O5S/c1-5-31-21(29)18-11(2)17-19(28)24-15(25-20(17)32-18)9-26(3)10-16(27)23-13-8-12(22)6-7-14(13)30-4/h6-8H,5,9-10H2,1-4H3,(H,23,27)(H,24,25,28). The van der Waals surface area contributed by atoms with Crippen molar-refractivity contribution in [3.8, 4) is 5.75 Å². The summed E-state index contributed by atoms with van der Waals surface area (Å²) < 4.78 is 10.3. The smallest absolute Gasteiger partial charge is 0.348 e. The molecule has 11 heteroatoms. The number of aromatic nitrogens is 2. The van der Waals surface area contributed by atoms with Crippen molar-refractivity contribution in [1.29, 1.82) is 0 Å². The van der Waals surface area contributed by atoms with Gasteiger partial charge in [-0.15, -0.1) is 11.3 Å². The number of methoxy groups -OCH3 is 1. The fourth-order valence-electron chi connectivity index (χ4n) is 3.18. The summed E-state index contributed by atoms with van der Waals surface area (Å²) in [4.78, 5) is 46.9. The number of esters is 1. The van der Waals surface area contributed by atoms with E-state index in [1.54, 1.807) is 44.0 Å². The van der Waals surface area contributed by atoms with Crippen LogP contribution in [-0.4, -0.2) is 54.1 Å². The van der Waals surface area contributed by atoms with Crippen LogP contribution in [0, 0.1) is 6.92 Å². The van der Waals surface area contributed by atoms with Gasteiger partial charge in [0.05, 0.1) is 37.9 Å². The molecule has 0 bridgehead atoms. The Morgan fingerprint density at radius 2 is 2.09 bits per heavy atom. The molecular weight excluding hydrogens is 456 g/mol. The van der Waals surface area contributed by atoms with Crippen LogP contribution in [0.3, 0.4) is 0 Å². The van der Waals surface area contributed by atoms with Crippen molar-refractivity contribution < 1.29 is 19.1 Å². The number of amides is 1. The number of carbonyl (C=O) groups excluding carboxylic acids is 2. The molecule has 1 amide bonds. The lowest BCUT2D eigenvalue weighted by molar-refractivity contribution is -0.117. The normalized spacial score (nSPS) is 11.1. The molecule has 9 nitrogen and oxygen atoms in total. The van der Waals surface area contributed by atoms with Crippen LogP contribution >= 0.6 is 22.9 Å². The Morgan fingerprint density at radius 3 is 2.78 bits per heavy atom. The van der Waals surface area contributed by atoms with Crippen LogP contribution in [0.2, 0.25) is 5.02 Å². The van der Waals surface area contributed by atoms with Crippen molar-refractivity contribution in [2.24, 2.45) is 0 Å². The van der Waals surface area contributed by atoms with Crippen LogP contribution in [-0.2, 0) is 16.1 Å². The first kappa shape index (κ1) is 23.7. The molecule has 2 aromatic heterocycles. The third-order valence-electron chi connectivity index (χ3n) is 4.58. The van der Waals surface area contributed by atoms with Gasteiger partial charge in [-0.2, -0.15) is 0 Å². The Balaban J connectivity index is 1.73. The van der Waals surface area contributed by atoms with Crippen LogP contribution in [0.1, 0.15) is 28.0 Å². The Kier molecular flexibility index (Phi) is 7.49. The van der Waals surface area contributed by atoms with Crippen molar-refractivity contribution in [3.63, 3.8) is 0 Å². The molecule has 0 aliphatic rings. The minimum absolute atomic E-state index is 0.0367. The largest absolute Gasteiger partial charge is 0.495 e. The summed E-state index contributed by atoms with van der Waals surface area (Å²) in [5.74, 6) is 0.120. The molecule has 0 aliphatic carbocycles. The molecule has 0 unspecified atom stereocenters. The van der Waals surface area contributed by atoms with Crippen molar-refractivity contribution in [3.05, 3.63) is 49.8 Å². The van der Waals surface area contributed by atoms with Gasteiger partial charge in [-0.3, -0.25) is 14.5 Å². The molecule has 0 fully saturated rings. The van der Waals surface area contributed by atoms with E-state index in [4.69, 9.17) is 21.1 Å². The van der Waals surface area contributed by atoms with Gasteiger partial charge < -0.3 is 19.8 Å². The number of fused-ring (bicyclic) bond motifs is 1. The Morgan fingerprint density at radius 1 is 1.34 bits per heavy atom. The Bertz CT molecular complexity index is 1220.